The molecule has 3 aromatic rings. The SMILES string of the molecule is CS(=O)(=O)c1cnn(-c2ccc(C(F)(F)F)cc2Cl)c1-c1ccc(Cl)c(Cl)c1. The molecule has 2 aromatic carbocycles. The van der Waals surface area contributed by atoms with Crippen LogP contribution in [0, 0.1) is 0 Å². The molecule has 0 saturated carbocycles. The molecule has 0 saturated heterocycles. The first kappa shape index (κ1) is 21.0. The van der Waals surface area contributed by atoms with E-state index in [9.17, 15) is 21.6 Å². The van der Waals surface area contributed by atoms with E-state index >= 15 is 0 Å². The Labute approximate surface area is 173 Å². The maximum absolute atomic E-state index is 12.9. The first-order valence-corrected chi connectivity index (χ1v) is 10.5. The van der Waals surface area contributed by atoms with E-state index in [0.29, 0.717) is 5.56 Å². The summed E-state index contributed by atoms with van der Waals surface area (Å²) >= 11 is 18.0. The Balaban J connectivity index is 2.29. The lowest BCUT2D eigenvalue weighted by atomic mass is 10.1. The van der Waals surface area contributed by atoms with E-state index < -0.39 is 21.6 Å². The third-order valence-electron chi connectivity index (χ3n) is 3.83. The third-order valence-corrected chi connectivity index (χ3v) is 5.97. The zero-order chi connectivity index (χ0) is 20.9. The number of sulfone groups is 1. The van der Waals surface area contributed by atoms with Crippen LogP contribution in [0.1, 0.15) is 5.56 Å². The zero-order valence-electron chi connectivity index (χ0n) is 13.9. The van der Waals surface area contributed by atoms with E-state index in [2.05, 4.69) is 5.10 Å². The average Bonchev–Trinajstić information content (AvgIpc) is 3.01. The molecule has 1 aromatic heterocycles. The Kier molecular flexibility index (Phi) is 5.44. The largest absolute Gasteiger partial charge is 0.416 e. The molecule has 0 spiro atoms. The van der Waals surface area contributed by atoms with Gasteiger partial charge in [-0.25, -0.2) is 13.1 Å². The minimum absolute atomic E-state index is 0.0747. The average molecular weight is 470 g/mol. The Morgan fingerprint density at radius 3 is 2.18 bits per heavy atom. The van der Waals surface area contributed by atoms with Crippen LogP contribution in [0.2, 0.25) is 15.1 Å². The molecule has 0 N–H and O–H groups in total. The molecule has 0 aliphatic carbocycles. The van der Waals surface area contributed by atoms with Crippen LogP contribution in [-0.4, -0.2) is 24.5 Å². The smallest absolute Gasteiger partial charge is 0.230 e. The number of halogens is 6. The molecule has 0 radical (unpaired) electrons. The van der Waals surface area contributed by atoms with Crippen molar-refractivity contribution in [2.45, 2.75) is 11.1 Å². The minimum atomic E-state index is -4.57. The fraction of sp³-hybridized carbons (Fsp3) is 0.118. The summed E-state index contributed by atoms with van der Waals surface area (Å²) in [7, 11) is -3.72. The van der Waals surface area contributed by atoms with Gasteiger partial charge in [-0.1, -0.05) is 40.9 Å². The maximum atomic E-state index is 12.9. The van der Waals surface area contributed by atoms with Crippen LogP contribution in [-0.2, 0) is 16.0 Å². The molecule has 11 heteroatoms. The van der Waals surface area contributed by atoms with Crippen molar-refractivity contribution in [1.82, 2.24) is 9.78 Å². The number of hydrogen-bond donors (Lipinski definition) is 0. The second-order valence-corrected chi connectivity index (χ2v) is 9.04. The van der Waals surface area contributed by atoms with Crippen LogP contribution in [0.3, 0.4) is 0 Å². The number of nitrogens with zero attached hydrogens (tertiary/aromatic N) is 2. The standard InChI is InChI=1S/C17H10Cl3F3N2O2S/c1-28(26,27)15-8-24-25(16(15)9-2-4-11(18)12(19)6-9)14-5-3-10(7-13(14)20)17(21,22)23/h2-8H,1H3. The highest BCUT2D eigenvalue weighted by Crippen LogP contribution is 2.37. The lowest BCUT2D eigenvalue weighted by Gasteiger charge is -2.13. The molecular formula is C17H10Cl3F3N2O2S. The van der Waals surface area contributed by atoms with Crippen LogP contribution in [0.15, 0.2) is 47.5 Å². The second-order valence-electron chi connectivity index (χ2n) is 5.83. The van der Waals surface area contributed by atoms with Crippen molar-refractivity contribution < 1.29 is 21.6 Å². The summed E-state index contributed by atoms with van der Waals surface area (Å²) in [5.74, 6) is 0. The number of rotatable bonds is 3. The molecule has 0 bridgehead atoms. The fourth-order valence-electron chi connectivity index (χ4n) is 2.55. The minimum Gasteiger partial charge on any atom is -0.230 e. The number of hydrogen-bond acceptors (Lipinski definition) is 3. The van der Waals surface area contributed by atoms with Gasteiger partial charge in [0, 0.05) is 11.8 Å². The quantitative estimate of drug-likeness (QED) is 0.478. The van der Waals surface area contributed by atoms with Gasteiger partial charge in [0.1, 0.15) is 4.90 Å². The van der Waals surface area contributed by atoms with Crippen LogP contribution in [0.4, 0.5) is 13.2 Å². The van der Waals surface area contributed by atoms with Crippen molar-refractivity contribution >= 4 is 44.6 Å². The van der Waals surface area contributed by atoms with Crippen LogP contribution in [0.25, 0.3) is 16.9 Å². The van der Waals surface area contributed by atoms with Gasteiger partial charge in [-0.3, -0.25) is 0 Å². The normalized spacial score (nSPS) is 12.4. The second kappa shape index (κ2) is 7.26. The highest BCUT2D eigenvalue weighted by Gasteiger charge is 2.31. The van der Waals surface area contributed by atoms with Gasteiger partial charge < -0.3 is 0 Å². The van der Waals surface area contributed by atoms with Gasteiger partial charge in [0.15, 0.2) is 9.84 Å². The van der Waals surface area contributed by atoms with E-state index in [0.717, 1.165) is 35.3 Å². The van der Waals surface area contributed by atoms with Gasteiger partial charge in [0.25, 0.3) is 0 Å². The Hall–Kier alpha value is -1.74. The third kappa shape index (κ3) is 4.00. The van der Waals surface area contributed by atoms with E-state index in [1.165, 1.54) is 18.2 Å². The predicted molar refractivity (Wildman–Crippen MR) is 102 cm³/mol. The maximum Gasteiger partial charge on any atom is 0.416 e. The van der Waals surface area contributed by atoms with Gasteiger partial charge in [-0.05, 0) is 30.3 Å². The van der Waals surface area contributed by atoms with Crippen molar-refractivity contribution in [3.05, 3.63) is 63.2 Å². The lowest BCUT2D eigenvalue weighted by molar-refractivity contribution is -0.137. The Morgan fingerprint density at radius 1 is 0.964 bits per heavy atom. The highest BCUT2D eigenvalue weighted by atomic mass is 35.5. The Morgan fingerprint density at radius 2 is 1.64 bits per heavy atom. The molecule has 3 rings (SSSR count). The molecule has 0 unspecified atom stereocenters. The summed E-state index contributed by atoms with van der Waals surface area (Å²) in [5.41, 5.74) is -0.413. The summed E-state index contributed by atoms with van der Waals surface area (Å²) in [4.78, 5) is -0.137. The summed E-state index contributed by atoms with van der Waals surface area (Å²) < 4.78 is 64.3. The molecule has 148 valence electrons. The van der Waals surface area contributed by atoms with Gasteiger partial charge in [-0.15, -0.1) is 0 Å². The topological polar surface area (TPSA) is 52.0 Å². The zero-order valence-corrected chi connectivity index (χ0v) is 17.0. The predicted octanol–water partition coefficient (Wildman–Crippen LogP) is 5.92. The molecule has 1 heterocycles. The number of aromatic nitrogens is 2. The van der Waals surface area contributed by atoms with Crippen molar-refractivity contribution in [2.75, 3.05) is 6.26 Å². The van der Waals surface area contributed by atoms with E-state index in [-0.39, 0.29) is 31.3 Å². The summed E-state index contributed by atoms with van der Waals surface area (Å²) in [6.45, 7) is 0. The van der Waals surface area contributed by atoms with Gasteiger partial charge >= 0.3 is 6.18 Å². The molecule has 4 nitrogen and oxygen atoms in total. The van der Waals surface area contributed by atoms with Crippen molar-refractivity contribution in [1.29, 1.82) is 0 Å². The monoisotopic (exact) mass is 468 g/mol. The van der Waals surface area contributed by atoms with Crippen molar-refractivity contribution in [3.63, 3.8) is 0 Å². The van der Waals surface area contributed by atoms with E-state index in [4.69, 9.17) is 34.8 Å². The van der Waals surface area contributed by atoms with Gasteiger partial charge in [0.05, 0.1) is 38.2 Å². The molecule has 0 aliphatic heterocycles. The summed E-state index contributed by atoms with van der Waals surface area (Å²) in [6.07, 6.45) is -2.48. The van der Waals surface area contributed by atoms with Crippen LogP contribution in [0.5, 0.6) is 0 Å². The molecular weight excluding hydrogens is 460 g/mol. The lowest BCUT2D eigenvalue weighted by Crippen LogP contribution is -2.07. The summed E-state index contributed by atoms with van der Waals surface area (Å²) in [5, 5.41) is 4.20. The van der Waals surface area contributed by atoms with E-state index in [1.807, 2.05) is 0 Å². The van der Waals surface area contributed by atoms with Gasteiger partial charge in [-0.2, -0.15) is 18.3 Å². The van der Waals surface area contributed by atoms with E-state index in [1.54, 1.807) is 0 Å². The van der Waals surface area contributed by atoms with Crippen LogP contribution >= 0.6 is 34.8 Å². The van der Waals surface area contributed by atoms with Crippen molar-refractivity contribution in [2.24, 2.45) is 0 Å². The molecule has 0 aliphatic rings. The van der Waals surface area contributed by atoms with Crippen molar-refractivity contribution in [3.8, 4) is 16.9 Å². The molecule has 0 atom stereocenters. The highest BCUT2D eigenvalue weighted by molar-refractivity contribution is 7.90. The fourth-order valence-corrected chi connectivity index (χ4v) is 3.90. The molecule has 0 fully saturated rings. The Bertz CT molecular complexity index is 1170. The van der Waals surface area contributed by atoms with Crippen LogP contribution < -0.4 is 0 Å². The molecule has 0 amide bonds. The number of alkyl halides is 3. The van der Waals surface area contributed by atoms with Gasteiger partial charge in [0.2, 0.25) is 0 Å². The number of benzene rings is 2. The first-order valence-electron chi connectivity index (χ1n) is 7.50. The summed E-state index contributed by atoms with van der Waals surface area (Å²) in [6, 6.07) is 7.12. The molecule has 28 heavy (non-hydrogen) atoms. The first-order chi connectivity index (χ1) is 12.9.